The number of nitrogens with two attached hydrogens (primary N) is 1. The van der Waals surface area contributed by atoms with Gasteiger partial charge in [-0.1, -0.05) is 36.0 Å². The first-order valence-corrected chi connectivity index (χ1v) is 13.8. The van der Waals surface area contributed by atoms with E-state index in [9.17, 15) is 9.90 Å². The van der Waals surface area contributed by atoms with Crippen molar-refractivity contribution in [3.05, 3.63) is 51.5 Å². The summed E-state index contributed by atoms with van der Waals surface area (Å²) < 4.78 is 10.9. The largest absolute Gasteiger partial charge is 0.493 e. The number of aliphatic hydroxyl groups excluding tert-OH is 1. The summed E-state index contributed by atoms with van der Waals surface area (Å²) in [6, 6.07) is 9.10. The first-order valence-electron chi connectivity index (χ1n) is 13.1. The lowest BCUT2D eigenvalue weighted by Crippen LogP contribution is -2.46. The number of halogens is 2. The van der Waals surface area contributed by atoms with E-state index in [0.29, 0.717) is 52.4 Å². The van der Waals surface area contributed by atoms with Crippen LogP contribution in [-0.2, 0) is 4.79 Å². The molecule has 3 atom stereocenters. The van der Waals surface area contributed by atoms with Crippen LogP contribution in [0.1, 0.15) is 55.8 Å². The molecule has 4 rings (SSSR count). The number of ether oxygens (including phenoxy) is 2. The van der Waals surface area contributed by atoms with Crippen LogP contribution in [0.5, 0.6) is 11.5 Å². The molecule has 10 heteroatoms. The number of benzene rings is 2. The molecule has 1 saturated carbocycles. The number of carbonyl (C=O) groups excluding carboxylic acids is 1. The number of fused-ring (bicyclic) bond motifs is 1. The second-order valence-corrected chi connectivity index (χ2v) is 10.7. The average molecular weight is 564 g/mol. The van der Waals surface area contributed by atoms with Gasteiger partial charge in [0, 0.05) is 30.5 Å². The van der Waals surface area contributed by atoms with Crippen LogP contribution in [0.3, 0.4) is 0 Å². The van der Waals surface area contributed by atoms with Gasteiger partial charge in [-0.25, -0.2) is 5.01 Å². The third kappa shape index (κ3) is 6.37. The van der Waals surface area contributed by atoms with Crippen molar-refractivity contribution in [2.24, 2.45) is 16.9 Å². The molecule has 0 saturated heterocycles. The summed E-state index contributed by atoms with van der Waals surface area (Å²) >= 11 is 12.2. The number of nitrogens with one attached hydrogen (secondary N) is 1. The molecule has 2 aromatic rings. The Balaban J connectivity index is 1.35. The fourth-order valence-corrected chi connectivity index (χ4v) is 5.79. The molecule has 0 radical (unpaired) electrons. The van der Waals surface area contributed by atoms with Crippen molar-refractivity contribution in [3.63, 3.8) is 0 Å². The highest BCUT2D eigenvalue weighted by atomic mass is 35.5. The van der Waals surface area contributed by atoms with Crippen molar-refractivity contribution < 1.29 is 19.4 Å². The Labute approximate surface area is 234 Å². The van der Waals surface area contributed by atoms with Crippen LogP contribution in [0.15, 0.2) is 35.4 Å². The maximum Gasteiger partial charge on any atom is 0.246 e. The second kappa shape index (κ2) is 13.0. The van der Waals surface area contributed by atoms with Crippen LogP contribution >= 0.6 is 23.2 Å². The molecule has 0 spiro atoms. The van der Waals surface area contributed by atoms with Crippen molar-refractivity contribution >= 4 is 40.5 Å². The number of unbranched alkanes of at least 4 members (excludes halogenated alkanes) is 1. The maximum atomic E-state index is 13.3. The van der Waals surface area contributed by atoms with E-state index in [0.717, 1.165) is 49.8 Å². The van der Waals surface area contributed by atoms with Gasteiger partial charge in [-0.2, -0.15) is 5.10 Å². The van der Waals surface area contributed by atoms with Gasteiger partial charge in [0.25, 0.3) is 0 Å². The summed E-state index contributed by atoms with van der Waals surface area (Å²) in [5, 5.41) is 20.9. The van der Waals surface area contributed by atoms with Crippen LogP contribution in [0.2, 0.25) is 10.0 Å². The monoisotopic (exact) mass is 562 g/mol. The van der Waals surface area contributed by atoms with Gasteiger partial charge >= 0.3 is 0 Å². The first-order chi connectivity index (χ1) is 18.3. The average Bonchev–Trinajstić information content (AvgIpc) is 2.93. The Bertz CT molecular complexity index is 1150. The Morgan fingerprint density at radius 2 is 1.76 bits per heavy atom. The summed E-state index contributed by atoms with van der Waals surface area (Å²) in [6.45, 7) is 1.59. The molecule has 1 aliphatic heterocycles. The van der Waals surface area contributed by atoms with E-state index in [1.54, 1.807) is 31.4 Å². The van der Waals surface area contributed by atoms with Crippen LogP contribution in [0.25, 0.3) is 0 Å². The zero-order valence-corrected chi connectivity index (χ0v) is 23.4. The number of hydrazone groups is 1. The molecule has 8 nitrogen and oxygen atoms in total. The SMILES string of the molecule is COc1ccc(C2=NN(CCCCNCC(O)c3cc(Cl)c(N)c(Cl)c3)C(=O)[C@@H]3CCCC[C@H]23)cc1OC. The van der Waals surface area contributed by atoms with Crippen molar-refractivity contribution in [2.45, 2.75) is 44.6 Å². The van der Waals surface area contributed by atoms with E-state index in [1.807, 2.05) is 18.2 Å². The molecule has 1 amide bonds. The number of hydrogen-bond acceptors (Lipinski definition) is 7. The number of hydrogen-bond donors (Lipinski definition) is 3. The second-order valence-electron chi connectivity index (χ2n) is 9.84. The van der Waals surface area contributed by atoms with E-state index in [2.05, 4.69) is 5.32 Å². The smallest absolute Gasteiger partial charge is 0.246 e. The summed E-state index contributed by atoms with van der Waals surface area (Å²) in [5.74, 6) is 1.54. The number of rotatable bonds is 11. The minimum absolute atomic E-state index is 0.0313. The van der Waals surface area contributed by atoms with Crippen LogP contribution < -0.4 is 20.5 Å². The normalized spacial score (nSPS) is 20.1. The van der Waals surface area contributed by atoms with Gasteiger partial charge in [0.1, 0.15) is 0 Å². The molecule has 38 heavy (non-hydrogen) atoms. The number of methoxy groups -OCH3 is 2. The highest BCUT2D eigenvalue weighted by Gasteiger charge is 2.41. The van der Waals surface area contributed by atoms with Crippen molar-refractivity contribution in [2.75, 3.05) is 39.6 Å². The molecule has 2 aromatic carbocycles. The fourth-order valence-electron chi connectivity index (χ4n) is 5.29. The fraction of sp³-hybridized carbons (Fsp3) is 0.500. The highest BCUT2D eigenvalue weighted by Crippen LogP contribution is 2.39. The lowest BCUT2D eigenvalue weighted by atomic mass is 9.73. The quantitative estimate of drug-likeness (QED) is 0.261. The van der Waals surface area contributed by atoms with Gasteiger partial charge in [-0.3, -0.25) is 4.79 Å². The number of nitrogen functional groups attached to an aromatic ring is 1. The molecule has 0 aromatic heterocycles. The summed E-state index contributed by atoms with van der Waals surface area (Å²) in [4.78, 5) is 13.3. The summed E-state index contributed by atoms with van der Waals surface area (Å²) in [5.41, 5.74) is 8.61. The molecule has 206 valence electrons. The van der Waals surface area contributed by atoms with E-state index in [4.69, 9.17) is 43.5 Å². The summed E-state index contributed by atoms with van der Waals surface area (Å²) in [7, 11) is 3.24. The first kappa shape index (κ1) is 28.5. The van der Waals surface area contributed by atoms with Crippen LogP contribution in [0.4, 0.5) is 5.69 Å². The van der Waals surface area contributed by atoms with Gasteiger partial charge in [0.15, 0.2) is 11.5 Å². The number of amides is 1. The Hall–Kier alpha value is -2.52. The number of anilines is 1. The van der Waals surface area contributed by atoms with Crippen molar-refractivity contribution in [1.29, 1.82) is 0 Å². The van der Waals surface area contributed by atoms with Crippen LogP contribution in [0, 0.1) is 11.8 Å². The third-order valence-corrected chi connectivity index (χ3v) is 8.02. The molecule has 2 aliphatic rings. The molecule has 0 bridgehead atoms. The number of nitrogens with zero attached hydrogens (tertiary/aromatic N) is 2. The highest BCUT2D eigenvalue weighted by molar-refractivity contribution is 6.38. The third-order valence-electron chi connectivity index (χ3n) is 7.39. The zero-order chi connectivity index (χ0) is 27.2. The van der Waals surface area contributed by atoms with Crippen molar-refractivity contribution in [3.8, 4) is 11.5 Å². The molecular formula is C28H36Cl2N4O4. The van der Waals surface area contributed by atoms with Crippen molar-refractivity contribution in [1.82, 2.24) is 10.3 Å². The Morgan fingerprint density at radius 1 is 1.08 bits per heavy atom. The number of carbonyl (C=O) groups is 1. The predicted octanol–water partition coefficient (Wildman–Crippen LogP) is 5.05. The Morgan fingerprint density at radius 3 is 2.45 bits per heavy atom. The predicted molar refractivity (Wildman–Crippen MR) is 151 cm³/mol. The van der Waals surface area contributed by atoms with E-state index in [1.165, 1.54) is 0 Å². The van der Waals surface area contributed by atoms with Gasteiger partial charge < -0.3 is 25.6 Å². The molecule has 1 aliphatic carbocycles. The number of aliphatic hydroxyl groups is 1. The Kier molecular flexibility index (Phi) is 9.76. The van der Waals surface area contributed by atoms with E-state index in [-0.39, 0.29) is 17.7 Å². The van der Waals surface area contributed by atoms with Gasteiger partial charge in [0.2, 0.25) is 5.91 Å². The van der Waals surface area contributed by atoms with E-state index < -0.39 is 6.10 Å². The van der Waals surface area contributed by atoms with Crippen LogP contribution in [-0.4, -0.2) is 55.6 Å². The molecule has 1 heterocycles. The lowest BCUT2D eigenvalue weighted by Gasteiger charge is -2.38. The van der Waals surface area contributed by atoms with Gasteiger partial charge in [-0.15, -0.1) is 0 Å². The molecule has 1 fully saturated rings. The molecule has 4 N–H and O–H groups in total. The minimum Gasteiger partial charge on any atom is -0.493 e. The molecular weight excluding hydrogens is 527 g/mol. The van der Waals surface area contributed by atoms with Gasteiger partial charge in [-0.05, 0) is 68.1 Å². The molecule has 1 unspecified atom stereocenters. The van der Waals surface area contributed by atoms with E-state index >= 15 is 0 Å². The summed E-state index contributed by atoms with van der Waals surface area (Å²) in [6.07, 6.45) is 4.89. The lowest BCUT2D eigenvalue weighted by molar-refractivity contribution is -0.139. The van der Waals surface area contributed by atoms with Gasteiger partial charge in [0.05, 0.1) is 41.8 Å². The topological polar surface area (TPSA) is 109 Å². The minimum atomic E-state index is -0.758. The standard InChI is InChI=1S/C28H36Cl2N4O4/c1-37-24-10-9-17(15-25(24)38-2)27-19-7-3-4-8-20(19)28(36)34(33-27)12-6-5-11-32-16-23(35)18-13-21(29)26(31)22(30)14-18/h9-10,13-15,19-20,23,32,35H,3-8,11-12,16,31H2,1-2H3/t19-,20+,23?/m0/s1. The maximum absolute atomic E-state index is 13.3. The zero-order valence-electron chi connectivity index (χ0n) is 21.9.